The Balaban J connectivity index is 2.04. The number of nitrogens with one attached hydrogen (secondary N) is 1. The highest BCUT2D eigenvalue weighted by Crippen LogP contribution is 2.29. The van der Waals surface area contributed by atoms with Crippen molar-refractivity contribution in [3.8, 4) is 5.75 Å². The van der Waals surface area contributed by atoms with E-state index in [0.29, 0.717) is 22.8 Å². The maximum Gasteiger partial charge on any atom is 0.274 e. The van der Waals surface area contributed by atoms with Gasteiger partial charge in [-0.25, -0.2) is 4.98 Å². The molecule has 3 rings (SSSR count). The molecule has 25 heavy (non-hydrogen) atoms. The highest BCUT2D eigenvalue weighted by Gasteiger charge is 2.20. The highest BCUT2D eigenvalue weighted by molar-refractivity contribution is 6.05. The van der Waals surface area contributed by atoms with Gasteiger partial charge < -0.3 is 10.1 Å². The molecule has 0 saturated carbocycles. The number of carbonyl (C=O) groups excluding carboxylic acids is 1. The number of carbonyl (C=O) groups is 1. The number of rotatable bonds is 4. The van der Waals surface area contributed by atoms with E-state index in [2.05, 4.69) is 10.3 Å². The molecule has 8 nitrogen and oxygen atoms in total. The lowest BCUT2D eigenvalue weighted by Crippen LogP contribution is -2.16. The standard InChI is InChI=1S/C17H16N4O4/c1-10-5-4-8-20-15(11(2)18-16(10)20)17(22)19-13-9-12(21(23)24)6-7-14(13)25-3/h4-9H,1-3H3,(H,19,22). The van der Waals surface area contributed by atoms with E-state index in [1.54, 1.807) is 17.5 Å². The molecule has 0 atom stereocenters. The largest absolute Gasteiger partial charge is 0.495 e. The van der Waals surface area contributed by atoms with E-state index >= 15 is 0 Å². The Kier molecular flexibility index (Phi) is 4.10. The number of amides is 1. The molecule has 0 bridgehead atoms. The summed E-state index contributed by atoms with van der Waals surface area (Å²) < 4.78 is 6.87. The second-order valence-electron chi connectivity index (χ2n) is 5.53. The summed E-state index contributed by atoms with van der Waals surface area (Å²) in [4.78, 5) is 27.6. The van der Waals surface area contributed by atoms with Gasteiger partial charge in [-0.15, -0.1) is 0 Å². The van der Waals surface area contributed by atoms with Gasteiger partial charge in [0.2, 0.25) is 0 Å². The molecule has 1 N–H and O–H groups in total. The van der Waals surface area contributed by atoms with Gasteiger partial charge in [-0.2, -0.15) is 0 Å². The van der Waals surface area contributed by atoms with Crippen LogP contribution in [0.5, 0.6) is 5.75 Å². The lowest BCUT2D eigenvalue weighted by atomic mass is 10.2. The van der Waals surface area contributed by atoms with Crippen LogP contribution in [0.3, 0.4) is 0 Å². The van der Waals surface area contributed by atoms with Crippen LogP contribution in [0.1, 0.15) is 21.7 Å². The number of anilines is 1. The van der Waals surface area contributed by atoms with E-state index in [9.17, 15) is 14.9 Å². The molecule has 0 saturated heterocycles. The lowest BCUT2D eigenvalue weighted by molar-refractivity contribution is -0.384. The molecule has 0 aliphatic heterocycles. The van der Waals surface area contributed by atoms with Gasteiger partial charge >= 0.3 is 0 Å². The predicted molar refractivity (Wildman–Crippen MR) is 92.3 cm³/mol. The molecule has 2 aromatic heterocycles. The van der Waals surface area contributed by atoms with Gasteiger partial charge in [-0.1, -0.05) is 6.07 Å². The van der Waals surface area contributed by atoms with Crippen molar-refractivity contribution in [2.75, 3.05) is 12.4 Å². The normalized spacial score (nSPS) is 10.7. The number of aryl methyl sites for hydroxylation is 2. The molecule has 0 spiro atoms. The minimum atomic E-state index is -0.530. The second-order valence-corrected chi connectivity index (χ2v) is 5.53. The number of ether oxygens (including phenoxy) is 1. The number of fused-ring (bicyclic) bond motifs is 1. The van der Waals surface area contributed by atoms with E-state index in [0.717, 1.165) is 5.56 Å². The summed E-state index contributed by atoms with van der Waals surface area (Å²) in [5, 5.41) is 13.7. The Bertz CT molecular complexity index is 994. The fourth-order valence-electron chi connectivity index (χ4n) is 2.68. The van der Waals surface area contributed by atoms with Crippen LogP contribution in [0.15, 0.2) is 36.5 Å². The Hall–Kier alpha value is -3.42. The molecular formula is C17H16N4O4. The fraction of sp³-hybridized carbons (Fsp3) is 0.176. The maximum atomic E-state index is 12.8. The summed E-state index contributed by atoms with van der Waals surface area (Å²) >= 11 is 0. The smallest absolute Gasteiger partial charge is 0.274 e. The summed E-state index contributed by atoms with van der Waals surface area (Å²) in [5.41, 5.74) is 2.66. The van der Waals surface area contributed by atoms with Crippen LogP contribution in [-0.4, -0.2) is 27.3 Å². The number of methoxy groups -OCH3 is 1. The summed E-state index contributed by atoms with van der Waals surface area (Å²) in [6.07, 6.45) is 1.75. The SMILES string of the molecule is COc1ccc([N+](=O)[O-])cc1NC(=O)c1c(C)nc2c(C)cccn12. The molecule has 0 aliphatic rings. The zero-order chi connectivity index (χ0) is 18.1. The van der Waals surface area contributed by atoms with Crippen molar-refractivity contribution in [2.24, 2.45) is 0 Å². The molecule has 1 amide bonds. The average Bonchev–Trinajstić information content (AvgIpc) is 2.92. The van der Waals surface area contributed by atoms with Crippen molar-refractivity contribution in [1.82, 2.24) is 9.38 Å². The number of hydrogen-bond acceptors (Lipinski definition) is 5. The number of hydrogen-bond donors (Lipinski definition) is 1. The van der Waals surface area contributed by atoms with Gasteiger partial charge in [0.25, 0.3) is 11.6 Å². The van der Waals surface area contributed by atoms with Gasteiger partial charge in [0.1, 0.15) is 17.1 Å². The molecule has 8 heteroatoms. The van der Waals surface area contributed by atoms with E-state index in [4.69, 9.17) is 4.74 Å². The van der Waals surface area contributed by atoms with E-state index < -0.39 is 10.8 Å². The number of nitro benzene ring substituents is 1. The van der Waals surface area contributed by atoms with Crippen molar-refractivity contribution < 1.29 is 14.5 Å². The zero-order valence-electron chi connectivity index (χ0n) is 13.9. The topological polar surface area (TPSA) is 98.8 Å². The first-order valence-electron chi connectivity index (χ1n) is 7.50. The van der Waals surface area contributed by atoms with Crippen LogP contribution >= 0.6 is 0 Å². The van der Waals surface area contributed by atoms with Crippen molar-refractivity contribution in [1.29, 1.82) is 0 Å². The van der Waals surface area contributed by atoms with Gasteiger partial charge in [0, 0.05) is 18.3 Å². The van der Waals surface area contributed by atoms with Crippen molar-refractivity contribution in [3.63, 3.8) is 0 Å². The zero-order valence-corrected chi connectivity index (χ0v) is 13.9. The number of nitrogens with zero attached hydrogens (tertiary/aromatic N) is 3. The van der Waals surface area contributed by atoms with Gasteiger partial charge in [0.15, 0.2) is 0 Å². The highest BCUT2D eigenvalue weighted by atomic mass is 16.6. The van der Waals surface area contributed by atoms with Gasteiger partial charge in [-0.05, 0) is 31.5 Å². The Morgan fingerprint density at radius 1 is 1.32 bits per heavy atom. The van der Waals surface area contributed by atoms with Crippen LogP contribution < -0.4 is 10.1 Å². The molecule has 0 unspecified atom stereocenters. The number of benzene rings is 1. The number of nitro groups is 1. The lowest BCUT2D eigenvalue weighted by Gasteiger charge is -2.10. The third kappa shape index (κ3) is 2.89. The quantitative estimate of drug-likeness (QED) is 0.581. The van der Waals surface area contributed by atoms with Crippen LogP contribution in [0.2, 0.25) is 0 Å². The first kappa shape index (κ1) is 16.4. The summed E-state index contributed by atoms with van der Waals surface area (Å²) in [7, 11) is 1.43. The summed E-state index contributed by atoms with van der Waals surface area (Å²) in [6, 6.07) is 7.76. The second kappa shape index (κ2) is 6.23. The Labute approximate surface area is 143 Å². The number of non-ortho nitro benzene ring substituents is 1. The van der Waals surface area contributed by atoms with Crippen molar-refractivity contribution >= 4 is 22.9 Å². The minimum absolute atomic E-state index is 0.137. The molecule has 0 radical (unpaired) electrons. The molecule has 2 heterocycles. The maximum absolute atomic E-state index is 12.8. The van der Waals surface area contributed by atoms with Crippen molar-refractivity contribution in [2.45, 2.75) is 13.8 Å². The average molecular weight is 340 g/mol. The number of imidazole rings is 1. The first-order valence-corrected chi connectivity index (χ1v) is 7.50. The monoisotopic (exact) mass is 340 g/mol. The summed E-state index contributed by atoms with van der Waals surface area (Å²) in [6.45, 7) is 3.65. The predicted octanol–water partition coefficient (Wildman–Crippen LogP) is 3.12. The van der Waals surface area contributed by atoms with Crippen LogP contribution in [0, 0.1) is 24.0 Å². The molecule has 128 valence electrons. The van der Waals surface area contributed by atoms with Crippen LogP contribution in [0.25, 0.3) is 5.65 Å². The molecule has 3 aromatic rings. The molecule has 0 aliphatic carbocycles. The fourth-order valence-corrected chi connectivity index (χ4v) is 2.68. The third-order valence-electron chi connectivity index (χ3n) is 3.88. The first-order chi connectivity index (χ1) is 11.9. The Morgan fingerprint density at radius 2 is 2.08 bits per heavy atom. The minimum Gasteiger partial charge on any atom is -0.495 e. The summed E-state index contributed by atoms with van der Waals surface area (Å²) in [5.74, 6) is -0.0870. The van der Waals surface area contributed by atoms with Crippen molar-refractivity contribution in [3.05, 3.63) is 63.6 Å². The van der Waals surface area contributed by atoms with Crippen LogP contribution in [0.4, 0.5) is 11.4 Å². The molecule has 0 fully saturated rings. The third-order valence-corrected chi connectivity index (χ3v) is 3.88. The van der Waals surface area contributed by atoms with Gasteiger partial charge in [0.05, 0.1) is 23.4 Å². The van der Waals surface area contributed by atoms with Gasteiger partial charge in [-0.3, -0.25) is 19.3 Å². The molecular weight excluding hydrogens is 324 g/mol. The number of pyridine rings is 1. The van der Waals surface area contributed by atoms with E-state index in [-0.39, 0.29) is 11.4 Å². The Morgan fingerprint density at radius 3 is 2.76 bits per heavy atom. The molecule has 1 aromatic carbocycles. The number of aromatic nitrogens is 2. The van der Waals surface area contributed by atoms with E-state index in [1.807, 2.05) is 19.1 Å². The van der Waals surface area contributed by atoms with E-state index in [1.165, 1.54) is 25.3 Å². The van der Waals surface area contributed by atoms with Crippen LogP contribution in [-0.2, 0) is 0 Å².